The van der Waals surface area contributed by atoms with Crippen molar-refractivity contribution in [1.29, 1.82) is 0 Å². The van der Waals surface area contributed by atoms with Crippen LogP contribution in [-0.2, 0) is 9.53 Å². The summed E-state index contributed by atoms with van der Waals surface area (Å²) in [5, 5.41) is 0. The highest BCUT2D eigenvalue weighted by Crippen LogP contribution is 2.34. The van der Waals surface area contributed by atoms with E-state index in [2.05, 4.69) is 6.58 Å². The van der Waals surface area contributed by atoms with Gasteiger partial charge in [0.1, 0.15) is 12.9 Å². The van der Waals surface area contributed by atoms with Gasteiger partial charge in [-0.25, -0.2) is 0 Å². The summed E-state index contributed by atoms with van der Waals surface area (Å²) in [6, 6.07) is 0. The Kier molecular flexibility index (Phi) is 4.01. The number of hydrogen-bond donors (Lipinski definition) is 0. The maximum absolute atomic E-state index is 10.1. The van der Waals surface area contributed by atoms with Crippen LogP contribution in [0.2, 0.25) is 0 Å². The quantitative estimate of drug-likeness (QED) is 0.429. The van der Waals surface area contributed by atoms with Crippen molar-refractivity contribution in [3.8, 4) is 0 Å². The Morgan fingerprint density at radius 2 is 2.33 bits per heavy atom. The molecule has 68 valence electrons. The number of ether oxygens (including phenoxy) is 1. The monoisotopic (exact) mass is 168 g/mol. The van der Waals surface area contributed by atoms with Gasteiger partial charge in [-0.15, -0.1) is 6.58 Å². The van der Waals surface area contributed by atoms with Gasteiger partial charge in [-0.05, 0) is 18.8 Å². The molecule has 1 rings (SSSR count). The highest BCUT2D eigenvalue weighted by molar-refractivity contribution is 5.50. The van der Waals surface area contributed by atoms with Gasteiger partial charge >= 0.3 is 0 Å². The lowest BCUT2D eigenvalue weighted by atomic mass is 10.1. The molecule has 0 aliphatic heterocycles. The standard InChI is InChI=1S/C10H16O2/c1-2-3-10(12-7-6-11)8-9-4-5-9/h2,6,9-10H,1,3-5,7-8H2. The summed E-state index contributed by atoms with van der Waals surface area (Å²) < 4.78 is 5.34. The molecule has 0 N–H and O–H groups in total. The first kappa shape index (κ1) is 9.46. The Morgan fingerprint density at radius 1 is 1.58 bits per heavy atom. The van der Waals surface area contributed by atoms with E-state index in [0.29, 0.717) is 0 Å². The van der Waals surface area contributed by atoms with Crippen LogP contribution in [0.3, 0.4) is 0 Å². The Hall–Kier alpha value is -0.630. The van der Waals surface area contributed by atoms with Gasteiger partial charge in [-0.3, -0.25) is 0 Å². The summed E-state index contributed by atoms with van der Waals surface area (Å²) in [5.41, 5.74) is 0. The summed E-state index contributed by atoms with van der Waals surface area (Å²) in [5.74, 6) is 0.849. The van der Waals surface area contributed by atoms with E-state index in [0.717, 1.165) is 25.0 Å². The highest BCUT2D eigenvalue weighted by Gasteiger charge is 2.25. The van der Waals surface area contributed by atoms with Crippen LogP contribution in [0.5, 0.6) is 0 Å². The van der Waals surface area contributed by atoms with Crippen molar-refractivity contribution in [2.45, 2.75) is 31.8 Å². The molecule has 0 aromatic heterocycles. The zero-order valence-electron chi connectivity index (χ0n) is 7.37. The van der Waals surface area contributed by atoms with Crippen molar-refractivity contribution in [2.75, 3.05) is 6.61 Å². The zero-order chi connectivity index (χ0) is 8.81. The fraction of sp³-hybridized carbons (Fsp3) is 0.700. The summed E-state index contributed by atoms with van der Waals surface area (Å²) >= 11 is 0. The smallest absolute Gasteiger partial charge is 0.145 e. The molecule has 2 heteroatoms. The van der Waals surface area contributed by atoms with E-state index < -0.39 is 0 Å². The molecule has 0 aromatic rings. The topological polar surface area (TPSA) is 26.3 Å². The van der Waals surface area contributed by atoms with E-state index in [1.165, 1.54) is 12.8 Å². The molecule has 0 heterocycles. The van der Waals surface area contributed by atoms with E-state index in [1.807, 2.05) is 6.08 Å². The van der Waals surface area contributed by atoms with Gasteiger partial charge in [0, 0.05) is 0 Å². The molecule has 1 saturated carbocycles. The Balaban J connectivity index is 2.15. The second-order valence-corrected chi connectivity index (χ2v) is 3.33. The molecule has 2 nitrogen and oxygen atoms in total. The zero-order valence-corrected chi connectivity index (χ0v) is 7.37. The minimum atomic E-state index is 0.222. The number of hydrogen-bond acceptors (Lipinski definition) is 2. The molecule has 0 spiro atoms. The van der Waals surface area contributed by atoms with E-state index >= 15 is 0 Å². The Bertz CT molecular complexity index is 150. The van der Waals surface area contributed by atoms with Gasteiger partial charge in [0.2, 0.25) is 0 Å². The SMILES string of the molecule is C=CCC(CC1CC1)OCC=O. The highest BCUT2D eigenvalue weighted by atomic mass is 16.5. The predicted molar refractivity (Wildman–Crippen MR) is 48.0 cm³/mol. The van der Waals surface area contributed by atoms with Crippen LogP contribution >= 0.6 is 0 Å². The second kappa shape index (κ2) is 5.09. The van der Waals surface area contributed by atoms with Gasteiger partial charge in [-0.2, -0.15) is 0 Å². The summed E-state index contributed by atoms with van der Waals surface area (Å²) in [6.45, 7) is 3.90. The minimum Gasteiger partial charge on any atom is -0.370 e. The van der Waals surface area contributed by atoms with Crippen molar-refractivity contribution in [2.24, 2.45) is 5.92 Å². The Labute approximate surface area is 73.6 Å². The fourth-order valence-electron chi connectivity index (χ4n) is 1.32. The molecular weight excluding hydrogens is 152 g/mol. The van der Waals surface area contributed by atoms with E-state index in [4.69, 9.17) is 4.74 Å². The molecule has 0 aromatic carbocycles. The number of aldehydes is 1. The lowest BCUT2D eigenvalue weighted by Gasteiger charge is -2.13. The van der Waals surface area contributed by atoms with Gasteiger partial charge in [-0.1, -0.05) is 18.9 Å². The van der Waals surface area contributed by atoms with Crippen LogP contribution in [-0.4, -0.2) is 19.0 Å². The van der Waals surface area contributed by atoms with Crippen molar-refractivity contribution < 1.29 is 9.53 Å². The van der Waals surface area contributed by atoms with Crippen molar-refractivity contribution >= 4 is 6.29 Å². The molecule has 0 saturated heterocycles. The predicted octanol–water partition coefficient (Wildman–Crippen LogP) is 1.95. The first-order chi connectivity index (χ1) is 5.86. The third-order valence-electron chi connectivity index (χ3n) is 2.12. The maximum Gasteiger partial charge on any atom is 0.145 e. The molecule has 1 atom stereocenters. The van der Waals surface area contributed by atoms with Crippen LogP contribution < -0.4 is 0 Å². The molecular formula is C10H16O2. The molecule has 1 aliphatic rings. The molecule has 1 fully saturated rings. The first-order valence-electron chi connectivity index (χ1n) is 4.53. The molecule has 0 amide bonds. The fourth-order valence-corrected chi connectivity index (χ4v) is 1.32. The van der Waals surface area contributed by atoms with Gasteiger partial charge in [0.25, 0.3) is 0 Å². The van der Waals surface area contributed by atoms with Crippen molar-refractivity contribution in [3.63, 3.8) is 0 Å². The van der Waals surface area contributed by atoms with Gasteiger partial charge in [0.05, 0.1) is 6.10 Å². The largest absolute Gasteiger partial charge is 0.370 e. The van der Waals surface area contributed by atoms with Crippen molar-refractivity contribution in [3.05, 3.63) is 12.7 Å². The summed E-state index contributed by atoms with van der Waals surface area (Å²) in [6.07, 6.45) is 7.52. The van der Waals surface area contributed by atoms with Gasteiger partial charge in [0.15, 0.2) is 0 Å². The van der Waals surface area contributed by atoms with Crippen LogP contribution in [0.25, 0.3) is 0 Å². The third kappa shape index (κ3) is 3.67. The summed E-state index contributed by atoms with van der Waals surface area (Å²) in [4.78, 5) is 10.1. The molecule has 0 radical (unpaired) electrons. The molecule has 1 unspecified atom stereocenters. The molecule has 1 aliphatic carbocycles. The third-order valence-corrected chi connectivity index (χ3v) is 2.12. The normalized spacial score (nSPS) is 18.7. The van der Waals surface area contributed by atoms with Crippen LogP contribution in [0.1, 0.15) is 25.7 Å². The number of carbonyl (C=O) groups is 1. The first-order valence-corrected chi connectivity index (χ1v) is 4.53. The lowest BCUT2D eigenvalue weighted by Crippen LogP contribution is -2.14. The lowest BCUT2D eigenvalue weighted by molar-refractivity contribution is -0.113. The number of rotatable bonds is 7. The molecule has 0 bridgehead atoms. The van der Waals surface area contributed by atoms with E-state index in [9.17, 15) is 4.79 Å². The maximum atomic E-state index is 10.1. The summed E-state index contributed by atoms with van der Waals surface area (Å²) in [7, 11) is 0. The van der Waals surface area contributed by atoms with Crippen LogP contribution in [0.4, 0.5) is 0 Å². The minimum absolute atomic E-state index is 0.222. The number of carbonyl (C=O) groups excluding carboxylic acids is 1. The van der Waals surface area contributed by atoms with Crippen molar-refractivity contribution in [1.82, 2.24) is 0 Å². The van der Waals surface area contributed by atoms with Crippen LogP contribution in [0, 0.1) is 5.92 Å². The van der Waals surface area contributed by atoms with E-state index in [-0.39, 0.29) is 12.7 Å². The van der Waals surface area contributed by atoms with E-state index in [1.54, 1.807) is 0 Å². The van der Waals surface area contributed by atoms with Gasteiger partial charge < -0.3 is 9.53 Å². The molecule has 12 heavy (non-hydrogen) atoms. The average Bonchev–Trinajstić information content (AvgIpc) is 2.84. The second-order valence-electron chi connectivity index (χ2n) is 3.33. The Morgan fingerprint density at radius 3 is 2.83 bits per heavy atom. The average molecular weight is 168 g/mol. The van der Waals surface area contributed by atoms with Crippen LogP contribution in [0.15, 0.2) is 12.7 Å².